The lowest BCUT2D eigenvalue weighted by atomic mass is 9.86. The number of rotatable bonds is 5. The molecule has 23 heavy (non-hydrogen) atoms. The van der Waals surface area contributed by atoms with Gasteiger partial charge in [0.1, 0.15) is 5.75 Å². The minimum Gasteiger partial charge on any atom is -0.478 e. The number of aliphatic carboxylic acids is 1. The van der Waals surface area contributed by atoms with Crippen LogP contribution >= 0.6 is 11.6 Å². The number of hydrogen-bond acceptors (Lipinski definition) is 2. The summed E-state index contributed by atoms with van der Waals surface area (Å²) in [5, 5.41) is 10.1. The highest BCUT2D eigenvalue weighted by Gasteiger charge is 2.24. The summed E-state index contributed by atoms with van der Waals surface area (Å²) in [6.45, 7) is 6.22. The van der Waals surface area contributed by atoms with Crippen LogP contribution < -0.4 is 4.74 Å². The van der Waals surface area contributed by atoms with E-state index in [0.717, 1.165) is 11.1 Å². The summed E-state index contributed by atoms with van der Waals surface area (Å²) in [5.41, 5.74) is 1.73. The lowest BCUT2D eigenvalue weighted by Crippen LogP contribution is -2.30. The Hall–Kier alpha value is -2.00. The van der Waals surface area contributed by atoms with Gasteiger partial charge < -0.3 is 9.84 Å². The van der Waals surface area contributed by atoms with Crippen LogP contribution in [0.3, 0.4) is 0 Å². The van der Waals surface area contributed by atoms with E-state index in [-0.39, 0.29) is 11.8 Å². The molecule has 0 aromatic heterocycles. The standard InChI is InChI=1S/C19H21ClO3/c1-19(2,3)15-6-4-5-7-16(15)23-17(18(21)22)12-13-8-10-14(20)11-9-13/h4-11,17H,12H2,1-3H3,(H,21,22). The van der Waals surface area contributed by atoms with Crippen molar-refractivity contribution < 1.29 is 14.6 Å². The molecule has 0 heterocycles. The van der Waals surface area contributed by atoms with Crippen molar-refractivity contribution in [1.29, 1.82) is 0 Å². The lowest BCUT2D eigenvalue weighted by Gasteiger charge is -2.24. The molecule has 0 bridgehead atoms. The molecule has 2 aromatic rings. The van der Waals surface area contributed by atoms with Gasteiger partial charge in [0.25, 0.3) is 0 Å². The van der Waals surface area contributed by atoms with Crippen molar-refractivity contribution >= 4 is 17.6 Å². The van der Waals surface area contributed by atoms with E-state index in [1.807, 2.05) is 36.4 Å². The maximum Gasteiger partial charge on any atom is 0.345 e. The molecule has 1 unspecified atom stereocenters. The van der Waals surface area contributed by atoms with E-state index >= 15 is 0 Å². The predicted octanol–water partition coefficient (Wildman–Crippen LogP) is 4.71. The van der Waals surface area contributed by atoms with Crippen molar-refractivity contribution in [1.82, 2.24) is 0 Å². The largest absolute Gasteiger partial charge is 0.478 e. The first kappa shape index (κ1) is 17.4. The molecular formula is C19H21ClO3. The average molecular weight is 333 g/mol. The van der Waals surface area contributed by atoms with E-state index in [0.29, 0.717) is 10.8 Å². The van der Waals surface area contributed by atoms with Gasteiger partial charge in [-0.25, -0.2) is 4.79 Å². The van der Waals surface area contributed by atoms with E-state index in [4.69, 9.17) is 16.3 Å². The average Bonchev–Trinajstić information content (AvgIpc) is 2.48. The van der Waals surface area contributed by atoms with Gasteiger partial charge in [0.05, 0.1) is 0 Å². The van der Waals surface area contributed by atoms with Gasteiger partial charge in [0, 0.05) is 11.4 Å². The van der Waals surface area contributed by atoms with Crippen molar-refractivity contribution in [2.24, 2.45) is 0 Å². The van der Waals surface area contributed by atoms with Crippen molar-refractivity contribution in [3.63, 3.8) is 0 Å². The Morgan fingerprint density at radius 2 is 1.74 bits per heavy atom. The van der Waals surface area contributed by atoms with Crippen molar-refractivity contribution in [3.8, 4) is 5.75 Å². The first-order valence-electron chi connectivity index (χ1n) is 7.51. The predicted molar refractivity (Wildman–Crippen MR) is 92.3 cm³/mol. The summed E-state index contributed by atoms with van der Waals surface area (Å²) in [5.74, 6) is -0.370. The molecule has 0 radical (unpaired) electrons. The third-order valence-corrected chi connectivity index (χ3v) is 3.83. The molecule has 2 aromatic carbocycles. The van der Waals surface area contributed by atoms with E-state index < -0.39 is 12.1 Å². The number of para-hydroxylation sites is 1. The second kappa shape index (κ2) is 7.05. The number of carboxylic acids is 1. The number of benzene rings is 2. The van der Waals surface area contributed by atoms with Gasteiger partial charge >= 0.3 is 5.97 Å². The Morgan fingerprint density at radius 3 is 2.30 bits per heavy atom. The first-order valence-corrected chi connectivity index (χ1v) is 7.88. The van der Waals surface area contributed by atoms with Crippen LogP contribution in [0.15, 0.2) is 48.5 Å². The molecule has 1 N–H and O–H groups in total. The maximum absolute atomic E-state index is 11.6. The fraction of sp³-hybridized carbons (Fsp3) is 0.316. The van der Waals surface area contributed by atoms with Crippen LogP contribution in [0.5, 0.6) is 5.75 Å². The van der Waals surface area contributed by atoms with Crippen molar-refractivity contribution in [2.45, 2.75) is 38.7 Å². The number of carbonyl (C=O) groups is 1. The zero-order valence-electron chi connectivity index (χ0n) is 13.5. The van der Waals surface area contributed by atoms with Gasteiger partial charge in [-0.05, 0) is 34.7 Å². The number of halogens is 1. The van der Waals surface area contributed by atoms with Crippen LogP contribution in [0.1, 0.15) is 31.9 Å². The summed E-state index contributed by atoms with van der Waals surface area (Å²) in [6.07, 6.45) is -0.662. The van der Waals surface area contributed by atoms with Crippen LogP contribution in [-0.4, -0.2) is 17.2 Å². The summed E-state index contributed by atoms with van der Waals surface area (Å²) in [6, 6.07) is 14.7. The second-order valence-electron chi connectivity index (χ2n) is 6.52. The topological polar surface area (TPSA) is 46.5 Å². The molecule has 0 aliphatic rings. The molecular weight excluding hydrogens is 312 g/mol. The van der Waals surface area contributed by atoms with Crippen LogP contribution in [0, 0.1) is 0 Å². The Morgan fingerprint density at radius 1 is 1.13 bits per heavy atom. The normalized spacial score (nSPS) is 12.7. The Balaban J connectivity index is 2.24. The molecule has 0 spiro atoms. The molecule has 3 nitrogen and oxygen atoms in total. The van der Waals surface area contributed by atoms with Crippen LogP contribution in [0.4, 0.5) is 0 Å². The van der Waals surface area contributed by atoms with E-state index in [2.05, 4.69) is 20.8 Å². The molecule has 0 saturated heterocycles. The molecule has 2 rings (SSSR count). The highest BCUT2D eigenvalue weighted by molar-refractivity contribution is 6.30. The van der Waals surface area contributed by atoms with E-state index in [1.54, 1.807) is 12.1 Å². The van der Waals surface area contributed by atoms with Crippen molar-refractivity contribution in [3.05, 3.63) is 64.7 Å². The minimum atomic E-state index is -0.983. The van der Waals surface area contributed by atoms with Crippen LogP contribution in [0.25, 0.3) is 0 Å². The quantitative estimate of drug-likeness (QED) is 0.862. The van der Waals surface area contributed by atoms with Crippen LogP contribution in [0.2, 0.25) is 5.02 Å². The monoisotopic (exact) mass is 332 g/mol. The van der Waals surface area contributed by atoms with Gasteiger partial charge in [-0.1, -0.05) is 62.7 Å². The fourth-order valence-electron chi connectivity index (χ4n) is 2.36. The summed E-state index contributed by atoms with van der Waals surface area (Å²) >= 11 is 5.86. The summed E-state index contributed by atoms with van der Waals surface area (Å²) < 4.78 is 5.84. The second-order valence-corrected chi connectivity index (χ2v) is 6.96. The molecule has 0 amide bonds. The van der Waals surface area contributed by atoms with Crippen molar-refractivity contribution in [2.75, 3.05) is 0 Å². The Labute approximate surface area is 141 Å². The molecule has 0 aliphatic carbocycles. The van der Waals surface area contributed by atoms with E-state index in [1.165, 1.54) is 0 Å². The molecule has 0 saturated carbocycles. The number of carboxylic acid groups (broad SMARTS) is 1. The maximum atomic E-state index is 11.6. The zero-order valence-corrected chi connectivity index (χ0v) is 14.3. The fourth-order valence-corrected chi connectivity index (χ4v) is 2.48. The van der Waals surface area contributed by atoms with Crippen LogP contribution in [-0.2, 0) is 16.6 Å². The minimum absolute atomic E-state index is 0.125. The Bertz CT molecular complexity index is 672. The summed E-state index contributed by atoms with van der Waals surface area (Å²) in [7, 11) is 0. The van der Waals surface area contributed by atoms with Gasteiger partial charge in [-0.2, -0.15) is 0 Å². The molecule has 0 fully saturated rings. The lowest BCUT2D eigenvalue weighted by molar-refractivity contribution is -0.145. The summed E-state index contributed by atoms with van der Waals surface area (Å²) in [4.78, 5) is 11.6. The highest BCUT2D eigenvalue weighted by Crippen LogP contribution is 2.32. The highest BCUT2D eigenvalue weighted by atomic mass is 35.5. The third-order valence-electron chi connectivity index (χ3n) is 3.57. The van der Waals surface area contributed by atoms with Gasteiger partial charge in [0.2, 0.25) is 0 Å². The molecule has 4 heteroatoms. The zero-order chi connectivity index (χ0) is 17.0. The van der Waals surface area contributed by atoms with Gasteiger partial charge in [-0.15, -0.1) is 0 Å². The molecule has 122 valence electrons. The Kier molecular flexibility index (Phi) is 5.32. The molecule has 1 atom stereocenters. The first-order chi connectivity index (χ1) is 10.8. The van der Waals surface area contributed by atoms with Gasteiger partial charge in [0.15, 0.2) is 6.10 Å². The third kappa shape index (κ3) is 4.73. The van der Waals surface area contributed by atoms with E-state index in [9.17, 15) is 9.90 Å². The van der Waals surface area contributed by atoms with Gasteiger partial charge in [-0.3, -0.25) is 0 Å². The SMILES string of the molecule is CC(C)(C)c1ccccc1OC(Cc1ccc(Cl)cc1)C(=O)O. The smallest absolute Gasteiger partial charge is 0.345 e. The number of hydrogen-bond donors (Lipinski definition) is 1. The molecule has 0 aliphatic heterocycles. The number of ether oxygens (including phenoxy) is 1.